The maximum absolute atomic E-state index is 13.5. The Bertz CT molecular complexity index is 412. The van der Waals surface area contributed by atoms with Gasteiger partial charge in [-0.2, -0.15) is 4.39 Å². The maximum Gasteiger partial charge on any atom is 0.202 e. The van der Waals surface area contributed by atoms with Crippen molar-refractivity contribution in [1.29, 1.82) is 0 Å². The van der Waals surface area contributed by atoms with E-state index in [4.69, 9.17) is 16.2 Å². The molecule has 2 rings (SSSR count). The molecule has 0 spiro atoms. The van der Waals surface area contributed by atoms with Crippen LogP contribution in [0.15, 0.2) is 12.1 Å². The second-order valence-electron chi connectivity index (χ2n) is 4.38. The lowest BCUT2D eigenvalue weighted by molar-refractivity contribution is 0.127. The molecule has 1 aliphatic rings. The van der Waals surface area contributed by atoms with E-state index in [0.29, 0.717) is 0 Å². The Hall–Kier alpha value is -1.36. The molecule has 17 heavy (non-hydrogen) atoms. The fourth-order valence-electron chi connectivity index (χ4n) is 2.09. The molecule has 5 heteroatoms. The zero-order valence-corrected chi connectivity index (χ0v) is 9.46. The number of ether oxygens (including phenoxy) is 1. The summed E-state index contributed by atoms with van der Waals surface area (Å²) in [6.45, 7) is 0. The zero-order chi connectivity index (χ0) is 12.4. The highest BCUT2D eigenvalue weighted by Gasteiger charge is 2.26. The van der Waals surface area contributed by atoms with E-state index >= 15 is 0 Å². The van der Waals surface area contributed by atoms with Crippen LogP contribution in [0.1, 0.15) is 25.7 Å². The number of hydrogen-bond donors (Lipinski definition) is 2. The standard InChI is InChI=1S/C12H16F2N2O/c13-7-5-6-9(16)12(11(7)14)17-10-4-2-1-3-8(10)15/h5-6,8,10H,1-4,15-16H2. The molecule has 0 bridgehead atoms. The summed E-state index contributed by atoms with van der Waals surface area (Å²) >= 11 is 0. The molecule has 0 aromatic heterocycles. The summed E-state index contributed by atoms with van der Waals surface area (Å²) in [4.78, 5) is 0. The molecule has 4 N–H and O–H groups in total. The molecule has 2 unspecified atom stereocenters. The first-order valence-electron chi connectivity index (χ1n) is 5.75. The molecule has 1 aliphatic carbocycles. The molecule has 1 saturated carbocycles. The van der Waals surface area contributed by atoms with Crippen molar-refractivity contribution < 1.29 is 13.5 Å². The number of nitrogen functional groups attached to an aromatic ring is 1. The summed E-state index contributed by atoms with van der Waals surface area (Å²) in [5, 5.41) is 0. The first kappa shape index (κ1) is 12.1. The third-order valence-corrected chi connectivity index (χ3v) is 3.10. The van der Waals surface area contributed by atoms with Crippen molar-refractivity contribution in [3.63, 3.8) is 0 Å². The maximum atomic E-state index is 13.5. The Morgan fingerprint density at radius 1 is 1.18 bits per heavy atom. The van der Waals surface area contributed by atoms with E-state index in [9.17, 15) is 8.78 Å². The highest BCUT2D eigenvalue weighted by molar-refractivity contribution is 5.53. The molecule has 3 nitrogen and oxygen atoms in total. The molecule has 0 heterocycles. The van der Waals surface area contributed by atoms with Gasteiger partial charge in [0.25, 0.3) is 0 Å². The summed E-state index contributed by atoms with van der Waals surface area (Å²) in [5.74, 6) is -2.21. The molecular weight excluding hydrogens is 226 g/mol. The Morgan fingerprint density at radius 2 is 1.88 bits per heavy atom. The quantitative estimate of drug-likeness (QED) is 0.781. The largest absolute Gasteiger partial charge is 0.483 e. The van der Waals surface area contributed by atoms with Crippen LogP contribution in [0.2, 0.25) is 0 Å². The van der Waals surface area contributed by atoms with Gasteiger partial charge in [0.2, 0.25) is 5.82 Å². The zero-order valence-electron chi connectivity index (χ0n) is 9.46. The summed E-state index contributed by atoms with van der Waals surface area (Å²) in [7, 11) is 0. The summed E-state index contributed by atoms with van der Waals surface area (Å²) in [6.07, 6.45) is 3.32. The number of anilines is 1. The topological polar surface area (TPSA) is 61.3 Å². The molecule has 1 aromatic carbocycles. The van der Waals surface area contributed by atoms with Gasteiger partial charge in [-0.3, -0.25) is 0 Å². The van der Waals surface area contributed by atoms with Gasteiger partial charge in [-0.1, -0.05) is 6.42 Å². The van der Waals surface area contributed by atoms with E-state index in [0.717, 1.165) is 31.7 Å². The van der Waals surface area contributed by atoms with E-state index in [1.165, 1.54) is 6.07 Å². The van der Waals surface area contributed by atoms with Crippen LogP contribution in [0.3, 0.4) is 0 Å². The first-order valence-corrected chi connectivity index (χ1v) is 5.75. The average Bonchev–Trinajstić information content (AvgIpc) is 2.32. The first-order chi connectivity index (χ1) is 8.09. The Labute approximate surface area is 98.7 Å². The van der Waals surface area contributed by atoms with Crippen LogP contribution >= 0.6 is 0 Å². The predicted octanol–water partition coefficient (Wildman–Crippen LogP) is 2.20. The van der Waals surface area contributed by atoms with E-state index < -0.39 is 11.6 Å². The van der Waals surface area contributed by atoms with E-state index in [-0.39, 0.29) is 23.6 Å². The van der Waals surface area contributed by atoms with Gasteiger partial charge in [0.15, 0.2) is 11.6 Å². The van der Waals surface area contributed by atoms with Gasteiger partial charge in [-0.05, 0) is 31.4 Å². The smallest absolute Gasteiger partial charge is 0.202 e. The second kappa shape index (κ2) is 4.87. The van der Waals surface area contributed by atoms with Crippen molar-refractivity contribution in [1.82, 2.24) is 0 Å². The normalized spacial score (nSPS) is 24.6. The van der Waals surface area contributed by atoms with Crippen molar-refractivity contribution >= 4 is 5.69 Å². The fourth-order valence-corrected chi connectivity index (χ4v) is 2.09. The molecule has 0 radical (unpaired) electrons. The number of hydrogen-bond acceptors (Lipinski definition) is 3. The highest BCUT2D eigenvalue weighted by atomic mass is 19.2. The molecule has 1 fully saturated rings. The SMILES string of the molecule is Nc1ccc(F)c(F)c1OC1CCCCC1N. The van der Waals surface area contributed by atoms with Crippen molar-refractivity contribution in [3.05, 3.63) is 23.8 Å². The second-order valence-corrected chi connectivity index (χ2v) is 4.38. The van der Waals surface area contributed by atoms with E-state index in [1.54, 1.807) is 0 Å². The summed E-state index contributed by atoms with van der Waals surface area (Å²) < 4.78 is 32.0. The molecule has 0 aliphatic heterocycles. The van der Waals surface area contributed by atoms with Crippen LogP contribution in [-0.4, -0.2) is 12.1 Å². The van der Waals surface area contributed by atoms with Gasteiger partial charge < -0.3 is 16.2 Å². The van der Waals surface area contributed by atoms with Gasteiger partial charge >= 0.3 is 0 Å². The van der Waals surface area contributed by atoms with E-state index in [2.05, 4.69) is 0 Å². The summed E-state index contributed by atoms with van der Waals surface area (Å²) in [6, 6.07) is 2.13. The molecule has 0 saturated heterocycles. The number of nitrogens with two attached hydrogens (primary N) is 2. The van der Waals surface area contributed by atoms with Crippen LogP contribution in [0.25, 0.3) is 0 Å². The van der Waals surface area contributed by atoms with Crippen molar-refractivity contribution in [3.8, 4) is 5.75 Å². The molecular formula is C12H16F2N2O. The Balaban J connectivity index is 2.20. The minimum absolute atomic E-state index is 0.0988. The number of halogens is 2. The minimum Gasteiger partial charge on any atom is -0.483 e. The lowest BCUT2D eigenvalue weighted by atomic mass is 9.93. The Kier molecular flexibility index (Phi) is 3.47. The Morgan fingerprint density at radius 3 is 2.59 bits per heavy atom. The van der Waals surface area contributed by atoms with Crippen LogP contribution < -0.4 is 16.2 Å². The van der Waals surface area contributed by atoms with Crippen molar-refractivity contribution in [2.75, 3.05) is 5.73 Å². The lowest BCUT2D eigenvalue weighted by Crippen LogP contribution is -2.41. The number of benzene rings is 1. The van der Waals surface area contributed by atoms with Gasteiger partial charge in [0.1, 0.15) is 6.10 Å². The monoisotopic (exact) mass is 242 g/mol. The van der Waals surface area contributed by atoms with Crippen molar-refractivity contribution in [2.24, 2.45) is 5.73 Å². The lowest BCUT2D eigenvalue weighted by Gasteiger charge is -2.29. The molecule has 94 valence electrons. The third kappa shape index (κ3) is 2.49. The third-order valence-electron chi connectivity index (χ3n) is 3.10. The van der Waals surface area contributed by atoms with Gasteiger partial charge in [-0.25, -0.2) is 4.39 Å². The average molecular weight is 242 g/mol. The highest BCUT2D eigenvalue weighted by Crippen LogP contribution is 2.31. The van der Waals surface area contributed by atoms with E-state index in [1.807, 2.05) is 0 Å². The minimum atomic E-state index is -1.04. The van der Waals surface area contributed by atoms with Gasteiger partial charge in [0, 0.05) is 6.04 Å². The molecule has 1 aromatic rings. The van der Waals surface area contributed by atoms with Crippen LogP contribution in [0.4, 0.5) is 14.5 Å². The van der Waals surface area contributed by atoms with Crippen LogP contribution in [0.5, 0.6) is 5.75 Å². The van der Waals surface area contributed by atoms with Crippen molar-refractivity contribution in [2.45, 2.75) is 37.8 Å². The van der Waals surface area contributed by atoms with Gasteiger partial charge in [0.05, 0.1) is 5.69 Å². The molecule has 2 atom stereocenters. The molecule has 0 amide bonds. The predicted molar refractivity (Wildman–Crippen MR) is 61.6 cm³/mol. The van der Waals surface area contributed by atoms with Gasteiger partial charge in [-0.15, -0.1) is 0 Å². The van der Waals surface area contributed by atoms with Crippen LogP contribution in [0, 0.1) is 11.6 Å². The number of rotatable bonds is 2. The summed E-state index contributed by atoms with van der Waals surface area (Å²) in [5.41, 5.74) is 11.6. The fraction of sp³-hybridized carbons (Fsp3) is 0.500. The van der Waals surface area contributed by atoms with Crippen LogP contribution in [-0.2, 0) is 0 Å².